The lowest BCUT2D eigenvalue weighted by atomic mass is 9.92. The number of hydrogen-bond donors (Lipinski definition) is 3. The third-order valence-electron chi connectivity index (χ3n) is 5.26. The average Bonchev–Trinajstić information content (AvgIpc) is 3.14. The maximum atomic E-state index is 13.1. The van der Waals surface area contributed by atoms with E-state index in [9.17, 15) is 14.4 Å². The number of nitrogens with two attached hydrogens (primary N) is 2. The SMILES string of the molecule is CC1=NOC(CN2CC[C@@H](C#N)C(N/C=C(/C(N)=O)C(N)=Nc3ccc(F)cc3)C2)C1. The molecule has 0 spiro atoms. The minimum absolute atomic E-state index is 0.00879. The number of hydrogen-bond acceptors (Lipinski definition) is 7. The Morgan fingerprint density at radius 1 is 1.45 bits per heavy atom. The Morgan fingerprint density at radius 3 is 2.81 bits per heavy atom. The molecular weight excluding hydrogens is 401 g/mol. The Labute approximate surface area is 180 Å². The number of carbonyl (C=O) groups excluding carboxylic acids is 1. The van der Waals surface area contributed by atoms with E-state index in [4.69, 9.17) is 16.3 Å². The number of rotatable bonds is 7. The molecule has 1 saturated heterocycles. The van der Waals surface area contributed by atoms with Crippen molar-refractivity contribution >= 4 is 23.1 Å². The van der Waals surface area contributed by atoms with Gasteiger partial charge in [0.2, 0.25) is 0 Å². The van der Waals surface area contributed by atoms with Crippen molar-refractivity contribution in [2.75, 3.05) is 19.6 Å². The van der Waals surface area contributed by atoms with Crippen molar-refractivity contribution in [2.24, 2.45) is 27.5 Å². The van der Waals surface area contributed by atoms with Crippen LogP contribution in [0.15, 0.2) is 46.2 Å². The largest absolute Gasteiger partial charge is 0.391 e. The summed E-state index contributed by atoms with van der Waals surface area (Å²) in [4.78, 5) is 23.7. The molecule has 0 aromatic heterocycles. The van der Waals surface area contributed by atoms with Crippen LogP contribution in [-0.4, -0.2) is 54.1 Å². The molecular formula is C21H26FN7O2. The van der Waals surface area contributed by atoms with Gasteiger partial charge in [-0.25, -0.2) is 9.38 Å². The number of nitriles is 1. The van der Waals surface area contributed by atoms with Gasteiger partial charge in [-0.05, 0) is 44.2 Å². The van der Waals surface area contributed by atoms with E-state index < -0.39 is 11.7 Å². The van der Waals surface area contributed by atoms with Gasteiger partial charge in [0.25, 0.3) is 5.91 Å². The van der Waals surface area contributed by atoms with Crippen LogP contribution in [0.25, 0.3) is 0 Å². The van der Waals surface area contributed by atoms with E-state index in [0.29, 0.717) is 25.2 Å². The summed E-state index contributed by atoms with van der Waals surface area (Å²) in [5, 5.41) is 16.6. The van der Waals surface area contributed by atoms with Crippen molar-refractivity contribution in [3.8, 4) is 6.07 Å². The van der Waals surface area contributed by atoms with Gasteiger partial charge in [-0.1, -0.05) is 5.16 Å². The summed E-state index contributed by atoms with van der Waals surface area (Å²) in [7, 11) is 0. The van der Waals surface area contributed by atoms with E-state index >= 15 is 0 Å². The van der Waals surface area contributed by atoms with E-state index in [1.165, 1.54) is 30.5 Å². The van der Waals surface area contributed by atoms with Crippen molar-refractivity contribution in [2.45, 2.75) is 31.9 Å². The van der Waals surface area contributed by atoms with E-state index in [1.54, 1.807) is 0 Å². The molecule has 5 N–H and O–H groups in total. The van der Waals surface area contributed by atoms with E-state index in [-0.39, 0.29) is 29.5 Å². The van der Waals surface area contributed by atoms with Gasteiger partial charge in [0.05, 0.1) is 35.0 Å². The zero-order valence-electron chi connectivity index (χ0n) is 17.3. The first-order valence-corrected chi connectivity index (χ1v) is 10.0. The zero-order chi connectivity index (χ0) is 22.4. The van der Waals surface area contributed by atoms with Gasteiger partial charge in [-0.15, -0.1) is 0 Å². The molecule has 2 aliphatic heterocycles. The Balaban J connectivity index is 1.69. The molecule has 2 unspecified atom stereocenters. The summed E-state index contributed by atoms with van der Waals surface area (Å²) in [5.74, 6) is -1.50. The lowest BCUT2D eigenvalue weighted by Gasteiger charge is -2.36. The number of carbonyl (C=O) groups is 1. The molecule has 1 aromatic rings. The molecule has 2 heterocycles. The van der Waals surface area contributed by atoms with E-state index in [0.717, 1.165) is 18.7 Å². The quantitative estimate of drug-likeness (QED) is 0.338. The first-order valence-electron chi connectivity index (χ1n) is 10.0. The number of amidine groups is 1. The summed E-state index contributed by atoms with van der Waals surface area (Å²) in [6, 6.07) is 7.46. The molecule has 0 aliphatic carbocycles. The van der Waals surface area contributed by atoms with Crippen LogP contribution < -0.4 is 16.8 Å². The normalized spacial score (nSPS) is 24.8. The number of aliphatic imine (C=N–C) groups is 1. The van der Waals surface area contributed by atoms with Crippen LogP contribution in [0.2, 0.25) is 0 Å². The van der Waals surface area contributed by atoms with Crippen LogP contribution in [0.1, 0.15) is 19.8 Å². The van der Waals surface area contributed by atoms with Crippen molar-refractivity contribution < 1.29 is 14.0 Å². The van der Waals surface area contributed by atoms with Crippen molar-refractivity contribution in [1.29, 1.82) is 5.26 Å². The highest BCUT2D eigenvalue weighted by molar-refractivity contribution is 6.20. The Hall–Kier alpha value is -3.45. The van der Waals surface area contributed by atoms with Crippen molar-refractivity contribution in [3.63, 3.8) is 0 Å². The fraction of sp³-hybridized carbons (Fsp3) is 0.429. The zero-order valence-corrected chi connectivity index (χ0v) is 17.3. The average molecular weight is 427 g/mol. The molecule has 164 valence electrons. The smallest absolute Gasteiger partial charge is 0.253 e. The van der Waals surface area contributed by atoms with Crippen LogP contribution in [0.4, 0.5) is 10.1 Å². The lowest BCUT2D eigenvalue weighted by Crippen LogP contribution is -2.51. The molecule has 10 heteroatoms. The molecule has 0 bridgehead atoms. The number of nitrogens with zero attached hydrogens (tertiary/aromatic N) is 4. The minimum Gasteiger partial charge on any atom is -0.391 e. The highest BCUT2D eigenvalue weighted by Gasteiger charge is 2.31. The fourth-order valence-corrected chi connectivity index (χ4v) is 3.64. The molecule has 1 aromatic carbocycles. The number of halogens is 1. The summed E-state index contributed by atoms with van der Waals surface area (Å²) in [5.41, 5.74) is 12.8. The Kier molecular flexibility index (Phi) is 7.20. The van der Waals surface area contributed by atoms with Gasteiger partial charge in [0, 0.05) is 25.7 Å². The van der Waals surface area contributed by atoms with E-state index in [1.807, 2.05) is 6.92 Å². The number of oxime groups is 1. The minimum atomic E-state index is -0.760. The molecule has 1 fully saturated rings. The fourth-order valence-electron chi connectivity index (χ4n) is 3.64. The number of primary amides is 1. The molecule has 9 nitrogen and oxygen atoms in total. The number of benzene rings is 1. The summed E-state index contributed by atoms with van der Waals surface area (Å²) in [6.07, 6.45) is 2.88. The molecule has 0 radical (unpaired) electrons. The number of piperidine rings is 1. The summed E-state index contributed by atoms with van der Waals surface area (Å²) < 4.78 is 13.1. The standard InChI is InChI=1S/C21H26FN7O2/c1-13-8-17(31-28-13)11-29-7-6-14(9-23)19(12-29)26-10-18(21(25)30)20(24)27-16-4-2-15(22)3-5-16/h2-5,10,14,17,19,26H,6-8,11-12H2,1H3,(H2,24,27)(H2,25,30)/b18-10+/t14-,17?,19?/m0/s1. The highest BCUT2D eigenvalue weighted by Crippen LogP contribution is 2.20. The third-order valence-corrected chi connectivity index (χ3v) is 5.26. The molecule has 1 amide bonds. The Bertz CT molecular complexity index is 936. The molecule has 3 atom stereocenters. The van der Waals surface area contributed by atoms with Crippen LogP contribution in [0.3, 0.4) is 0 Å². The van der Waals surface area contributed by atoms with E-state index in [2.05, 4.69) is 26.4 Å². The maximum Gasteiger partial charge on any atom is 0.253 e. The first kappa shape index (κ1) is 22.2. The highest BCUT2D eigenvalue weighted by atomic mass is 19.1. The second kappa shape index (κ2) is 10.0. The van der Waals surface area contributed by atoms with Gasteiger partial charge >= 0.3 is 0 Å². The van der Waals surface area contributed by atoms with Gasteiger partial charge in [-0.3, -0.25) is 9.69 Å². The summed E-state index contributed by atoms with van der Waals surface area (Å²) >= 11 is 0. The molecule has 0 saturated carbocycles. The van der Waals surface area contributed by atoms with Gasteiger partial charge < -0.3 is 21.6 Å². The number of likely N-dealkylation sites (tertiary alicyclic amines) is 1. The summed E-state index contributed by atoms with van der Waals surface area (Å²) in [6.45, 7) is 4.00. The topological polar surface area (TPSA) is 142 Å². The molecule has 2 aliphatic rings. The second-order valence-corrected chi connectivity index (χ2v) is 7.71. The van der Waals surface area contributed by atoms with Crippen LogP contribution in [0, 0.1) is 23.1 Å². The van der Waals surface area contributed by atoms with Crippen molar-refractivity contribution in [3.05, 3.63) is 41.9 Å². The van der Waals surface area contributed by atoms with Crippen LogP contribution >= 0.6 is 0 Å². The van der Waals surface area contributed by atoms with Crippen LogP contribution in [-0.2, 0) is 9.63 Å². The number of nitrogens with one attached hydrogen (secondary N) is 1. The second-order valence-electron chi connectivity index (χ2n) is 7.71. The lowest BCUT2D eigenvalue weighted by molar-refractivity contribution is -0.114. The predicted octanol–water partition coefficient (Wildman–Crippen LogP) is 1.15. The first-order chi connectivity index (χ1) is 14.9. The monoisotopic (exact) mass is 427 g/mol. The molecule has 3 rings (SSSR count). The third kappa shape index (κ3) is 6.02. The van der Waals surface area contributed by atoms with Gasteiger partial charge in [0.1, 0.15) is 17.8 Å². The molecule has 31 heavy (non-hydrogen) atoms. The Morgan fingerprint density at radius 2 is 2.19 bits per heavy atom. The predicted molar refractivity (Wildman–Crippen MR) is 115 cm³/mol. The van der Waals surface area contributed by atoms with Crippen molar-refractivity contribution in [1.82, 2.24) is 10.2 Å². The van der Waals surface area contributed by atoms with Gasteiger partial charge in [0.15, 0.2) is 0 Å². The van der Waals surface area contributed by atoms with Gasteiger partial charge in [-0.2, -0.15) is 5.26 Å². The number of amides is 1. The maximum absolute atomic E-state index is 13.1. The van der Waals surface area contributed by atoms with Crippen LogP contribution in [0.5, 0.6) is 0 Å².